The van der Waals surface area contributed by atoms with Crippen LogP contribution in [0.3, 0.4) is 0 Å². The third-order valence-electron chi connectivity index (χ3n) is 1.92. The van der Waals surface area contributed by atoms with Crippen molar-refractivity contribution in [1.82, 2.24) is 15.0 Å². The second kappa shape index (κ2) is 4.98. The SMILES string of the molecule is Nc1nc(Cl)nc(Oc2ccc(F)cc2[N+](=O)[O-])n1. The molecule has 0 aliphatic heterocycles. The van der Waals surface area contributed by atoms with E-state index in [1.54, 1.807) is 0 Å². The van der Waals surface area contributed by atoms with Gasteiger partial charge in [0.05, 0.1) is 11.0 Å². The highest BCUT2D eigenvalue weighted by Crippen LogP contribution is 2.30. The average Bonchev–Trinajstić information content (AvgIpc) is 2.30. The number of hydrogen-bond donors (Lipinski definition) is 1. The van der Waals surface area contributed by atoms with Crippen LogP contribution < -0.4 is 10.5 Å². The number of nitrogens with two attached hydrogens (primary N) is 1. The van der Waals surface area contributed by atoms with Gasteiger partial charge in [0.15, 0.2) is 0 Å². The van der Waals surface area contributed by atoms with Gasteiger partial charge in [-0.25, -0.2) is 4.39 Å². The summed E-state index contributed by atoms with van der Waals surface area (Å²) in [5.41, 5.74) is 4.74. The van der Waals surface area contributed by atoms with Crippen molar-refractivity contribution >= 4 is 23.2 Å². The molecule has 19 heavy (non-hydrogen) atoms. The van der Waals surface area contributed by atoms with E-state index < -0.39 is 16.4 Å². The Morgan fingerprint density at radius 2 is 2.11 bits per heavy atom. The molecule has 1 heterocycles. The quantitative estimate of drug-likeness (QED) is 0.676. The van der Waals surface area contributed by atoms with Crippen molar-refractivity contribution in [3.8, 4) is 11.8 Å². The maximum Gasteiger partial charge on any atom is 0.328 e. The average molecular weight is 286 g/mol. The summed E-state index contributed by atoms with van der Waals surface area (Å²) in [4.78, 5) is 20.6. The summed E-state index contributed by atoms with van der Waals surface area (Å²) in [6.45, 7) is 0. The number of nitro groups is 1. The van der Waals surface area contributed by atoms with Crippen molar-refractivity contribution in [2.75, 3.05) is 5.73 Å². The molecule has 2 N–H and O–H groups in total. The van der Waals surface area contributed by atoms with E-state index >= 15 is 0 Å². The zero-order valence-electron chi connectivity index (χ0n) is 9.08. The molecule has 0 unspecified atom stereocenters. The van der Waals surface area contributed by atoms with Gasteiger partial charge in [-0.1, -0.05) is 0 Å². The van der Waals surface area contributed by atoms with E-state index in [1.165, 1.54) is 0 Å². The summed E-state index contributed by atoms with van der Waals surface area (Å²) in [5.74, 6) is -1.22. The number of nitrogen functional groups attached to an aromatic ring is 1. The highest BCUT2D eigenvalue weighted by molar-refractivity contribution is 6.28. The van der Waals surface area contributed by atoms with E-state index in [4.69, 9.17) is 22.1 Å². The first-order valence-electron chi connectivity index (χ1n) is 4.74. The van der Waals surface area contributed by atoms with Crippen LogP contribution in [0.15, 0.2) is 18.2 Å². The highest BCUT2D eigenvalue weighted by Gasteiger charge is 2.18. The monoisotopic (exact) mass is 285 g/mol. The molecule has 1 aromatic carbocycles. The molecule has 0 saturated heterocycles. The number of anilines is 1. The third-order valence-corrected chi connectivity index (χ3v) is 2.09. The summed E-state index contributed by atoms with van der Waals surface area (Å²) in [7, 11) is 0. The number of ether oxygens (including phenoxy) is 1. The van der Waals surface area contributed by atoms with Gasteiger partial charge in [0.1, 0.15) is 5.82 Å². The molecule has 0 radical (unpaired) electrons. The van der Waals surface area contributed by atoms with Crippen molar-refractivity contribution in [1.29, 1.82) is 0 Å². The molecule has 98 valence electrons. The van der Waals surface area contributed by atoms with Gasteiger partial charge < -0.3 is 10.5 Å². The van der Waals surface area contributed by atoms with E-state index in [2.05, 4.69) is 15.0 Å². The van der Waals surface area contributed by atoms with Crippen LogP contribution >= 0.6 is 11.6 Å². The Morgan fingerprint density at radius 1 is 1.37 bits per heavy atom. The molecule has 8 nitrogen and oxygen atoms in total. The van der Waals surface area contributed by atoms with Crippen molar-refractivity contribution < 1.29 is 14.1 Å². The minimum atomic E-state index is -0.801. The van der Waals surface area contributed by atoms with Crippen molar-refractivity contribution in [2.24, 2.45) is 0 Å². The molecular weight excluding hydrogens is 281 g/mol. The van der Waals surface area contributed by atoms with Gasteiger partial charge in [-0.05, 0) is 23.7 Å². The number of nitrogens with zero attached hydrogens (tertiary/aromatic N) is 4. The van der Waals surface area contributed by atoms with Crippen LogP contribution in [0, 0.1) is 15.9 Å². The fourth-order valence-electron chi connectivity index (χ4n) is 1.21. The first kappa shape index (κ1) is 12.9. The lowest BCUT2D eigenvalue weighted by molar-refractivity contribution is -0.385. The van der Waals surface area contributed by atoms with Gasteiger partial charge in [-0.3, -0.25) is 10.1 Å². The Morgan fingerprint density at radius 3 is 2.74 bits per heavy atom. The largest absolute Gasteiger partial charge is 0.417 e. The van der Waals surface area contributed by atoms with Crippen LogP contribution in [-0.4, -0.2) is 19.9 Å². The summed E-state index contributed by atoms with van der Waals surface area (Å²) in [6, 6.07) is 2.45. The van der Waals surface area contributed by atoms with E-state index in [-0.39, 0.29) is 23.0 Å². The Bertz CT molecular complexity index is 633. The number of hydrogen-bond acceptors (Lipinski definition) is 7. The minimum absolute atomic E-state index is 0.209. The molecule has 0 spiro atoms. The lowest BCUT2D eigenvalue weighted by atomic mass is 10.3. The molecule has 2 rings (SSSR count). The number of nitro benzene ring substituents is 1. The van der Waals surface area contributed by atoms with Crippen molar-refractivity contribution in [3.05, 3.63) is 39.4 Å². The number of halogens is 2. The number of aromatic nitrogens is 3. The number of rotatable bonds is 3. The Balaban J connectivity index is 2.40. The summed E-state index contributed by atoms with van der Waals surface area (Å²) in [6.07, 6.45) is 0. The second-order valence-corrected chi connectivity index (χ2v) is 3.55. The van der Waals surface area contributed by atoms with Gasteiger partial charge in [0, 0.05) is 0 Å². The summed E-state index contributed by atoms with van der Waals surface area (Å²) >= 11 is 5.53. The molecule has 1 aromatic heterocycles. The first-order valence-corrected chi connectivity index (χ1v) is 5.12. The molecule has 0 amide bonds. The first-order chi connectivity index (χ1) is 8.95. The minimum Gasteiger partial charge on any atom is -0.417 e. The van der Waals surface area contributed by atoms with Crippen molar-refractivity contribution in [3.63, 3.8) is 0 Å². The van der Waals surface area contributed by atoms with Gasteiger partial charge in [-0.2, -0.15) is 15.0 Å². The van der Waals surface area contributed by atoms with Crippen LogP contribution in [-0.2, 0) is 0 Å². The van der Waals surface area contributed by atoms with Gasteiger partial charge in [0.25, 0.3) is 0 Å². The molecule has 2 aromatic rings. The van der Waals surface area contributed by atoms with Crippen molar-refractivity contribution in [2.45, 2.75) is 0 Å². The smallest absolute Gasteiger partial charge is 0.328 e. The van der Waals surface area contributed by atoms with Crippen LogP contribution in [0.5, 0.6) is 11.8 Å². The molecule has 0 atom stereocenters. The van der Waals surface area contributed by atoms with E-state index in [0.717, 1.165) is 12.1 Å². The number of benzene rings is 1. The van der Waals surface area contributed by atoms with Crippen LogP contribution in [0.1, 0.15) is 0 Å². The lowest BCUT2D eigenvalue weighted by Gasteiger charge is -2.04. The molecule has 0 bridgehead atoms. The van der Waals surface area contributed by atoms with E-state index in [0.29, 0.717) is 6.07 Å². The Hall–Kier alpha value is -2.55. The van der Waals surface area contributed by atoms with Crippen LogP contribution in [0.25, 0.3) is 0 Å². The fourth-order valence-corrected chi connectivity index (χ4v) is 1.37. The topological polar surface area (TPSA) is 117 Å². The summed E-state index contributed by atoms with van der Waals surface area (Å²) < 4.78 is 18.0. The van der Waals surface area contributed by atoms with Crippen LogP contribution in [0.4, 0.5) is 16.0 Å². The zero-order chi connectivity index (χ0) is 14.0. The predicted molar refractivity (Wildman–Crippen MR) is 62.4 cm³/mol. The molecule has 0 aliphatic carbocycles. The highest BCUT2D eigenvalue weighted by atomic mass is 35.5. The van der Waals surface area contributed by atoms with E-state index in [1.807, 2.05) is 0 Å². The summed E-state index contributed by atoms with van der Waals surface area (Å²) in [5, 5.41) is 10.5. The van der Waals surface area contributed by atoms with Gasteiger partial charge in [-0.15, -0.1) is 0 Å². The molecule has 0 saturated carbocycles. The molecule has 10 heteroatoms. The second-order valence-electron chi connectivity index (χ2n) is 3.22. The van der Waals surface area contributed by atoms with E-state index in [9.17, 15) is 14.5 Å². The lowest BCUT2D eigenvalue weighted by Crippen LogP contribution is -2.01. The maximum atomic E-state index is 12.9. The van der Waals surface area contributed by atoms with Gasteiger partial charge >= 0.3 is 11.7 Å². The Labute approximate surface area is 110 Å². The third kappa shape index (κ3) is 3.01. The van der Waals surface area contributed by atoms with Crippen LogP contribution in [0.2, 0.25) is 5.28 Å². The Kier molecular flexibility index (Phi) is 3.38. The molecule has 0 aliphatic rings. The van der Waals surface area contributed by atoms with Gasteiger partial charge in [0.2, 0.25) is 17.0 Å². The normalized spacial score (nSPS) is 10.2. The predicted octanol–water partition coefficient (Wildman–Crippen LogP) is 1.95. The standard InChI is InChI=1S/C9H5ClFN5O3/c10-7-13-8(12)15-9(14-7)19-6-2-1-4(11)3-5(6)16(17)18/h1-3H,(H2,12,13,14,15). The zero-order valence-corrected chi connectivity index (χ0v) is 9.83. The fraction of sp³-hybridized carbons (Fsp3) is 0. The maximum absolute atomic E-state index is 12.9. The molecule has 0 fully saturated rings. The molecular formula is C9H5ClFN5O3.